The van der Waals surface area contributed by atoms with Crippen LogP contribution in [0, 0.1) is 16.7 Å². The first-order chi connectivity index (χ1) is 7.84. The molecule has 0 aliphatic heterocycles. The van der Waals surface area contributed by atoms with Crippen LogP contribution in [0.1, 0.15) is 27.7 Å². The van der Waals surface area contributed by atoms with Crippen molar-refractivity contribution in [2.45, 2.75) is 27.7 Å². The molecule has 4 heteroatoms. The van der Waals surface area contributed by atoms with Crippen molar-refractivity contribution >= 4 is 5.91 Å². The van der Waals surface area contributed by atoms with Crippen molar-refractivity contribution in [1.29, 1.82) is 0 Å². The molecule has 1 rings (SSSR count). The molecule has 1 amide bonds. The molecule has 17 heavy (non-hydrogen) atoms. The van der Waals surface area contributed by atoms with E-state index >= 15 is 0 Å². The molecule has 1 N–H and O–H groups in total. The van der Waals surface area contributed by atoms with Gasteiger partial charge in [-0.15, -0.1) is 0 Å². The Morgan fingerprint density at radius 2 is 1.76 bits per heavy atom. The zero-order chi connectivity index (χ0) is 13.1. The van der Waals surface area contributed by atoms with Gasteiger partial charge in [0.2, 0.25) is 5.91 Å². The minimum absolute atomic E-state index is 0.0420. The zero-order valence-corrected chi connectivity index (χ0v) is 11.6. The monoisotopic (exact) mass is 243 g/mol. The van der Waals surface area contributed by atoms with Gasteiger partial charge < -0.3 is 14.8 Å². The summed E-state index contributed by atoms with van der Waals surface area (Å²) in [6.45, 7) is 10.8. The molecule has 0 saturated heterocycles. The predicted molar refractivity (Wildman–Crippen MR) is 66.8 cm³/mol. The van der Waals surface area contributed by atoms with Crippen LogP contribution in [-0.4, -0.2) is 39.4 Å². The topological polar surface area (TPSA) is 47.6 Å². The van der Waals surface area contributed by atoms with E-state index in [4.69, 9.17) is 9.47 Å². The van der Waals surface area contributed by atoms with E-state index < -0.39 is 0 Å². The molecule has 0 unspecified atom stereocenters. The van der Waals surface area contributed by atoms with Crippen LogP contribution in [-0.2, 0) is 14.3 Å². The van der Waals surface area contributed by atoms with Crippen LogP contribution in [0.2, 0.25) is 0 Å². The Hall–Kier alpha value is -0.610. The standard InChI is InChI=1S/C13H25NO3/c1-12(2)10(13(12,3)4)8-14-11(15)9-17-7-6-16-5/h10H,6-9H2,1-5H3,(H,14,15). The number of hydrogen-bond donors (Lipinski definition) is 1. The molecular weight excluding hydrogens is 218 g/mol. The zero-order valence-electron chi connectivity index (χ0n) is 11.6. The lowest BCUT2D eigenvalue weighted by atomic mass is 10.0. The Balaban J connectivity index is 2.14. The highest BCUT2D eigenvalue weighted by atomic mass is 16.5. The average molecular weight is 243 g/mol. The third kappa shape index (κ3) is 3.19. The smallest absolute Gasteiger partial charge is 0.246 e. The van der Waals surface area contributed by atoms with Gasteiger partial charge in [-0.25, -0.2) is 0 Å². The van der Waals surface area contributed by atoms with Gasteiger partial charge in [0.05, 0.1) is 13.2 Å². The Morgan fingerprint density at radius 3 is 2.24 bits per heavy atom. The van der Waals surface area contributed by atoms with E-state index in [1.165, 1.54) is 0 Å². The molecule has 100 valence electrons. The van der Waals surface area contributed by atoms with Gasteiger partial charge in [0.25, 0.3) is 0 Å². The normalized spacial score (nSPS) is 21.2. The van der Waals surface area contributed by atoms with Crippen LogP contribution in [0.3, 0.4) is 0 Å². The van der Waals surface area contributed by atoms with Gasteiger partial charge in [0.1, 0.15) is 6.61 Å². The van der Waals surface area contributed by atoms with Crippen molar-refractivity contribution in [3.8, 4) is 0 Å². The summed E-state index contributed by atoms with van der Waals surface area (Å²) >= 11 is 0. The van der Waals surface area contributed by atoms with Gasteiger partial charge in [-0.1, -0.05) is 27.7 Å². The highest BCUT2D eigenvalue weighted by Gasteiger charge is 2.64. The number of nitrogens with one attached hydrogen (secondary N) is 1. The molecule has 1 aliphatic carbocycles. The van der Waals surface area contributed by atoms with E-state index in [1.807, 2.05) is 0 Å². The van der Waals surface area contributed by atoms with Gasteiger partial charge in [-0.05, 0) is 16.7 Å². The quantitative estimate of drug-likeness (QED) is 0.688. The Morgan fingerprint density at radius 1 is 1.18 bits per heavy atom. The highest BCUT2D eigenvalue weighted by molar-refractivity contribution is 5.77. The van der Waals surface area contributed by atoms with E-state index in [1.54, 1.807) is 7.11 Å². The summed E-state index contributed by atoms with van der Waals surface area (Å²) in [5.41, 5.74) is 0.633. The number of carbonyl (C=O) groups excluding carboxylic acids is 1. The summed E-state index contributed by atoms with van der Waals surface area (Å²) in [5, 5.41) is 2.93. The lowest BCUT2D eigenvalue weighted by Crippen LogP contribution is -2.31. The molecule has 0 spiro atoms. The third-order valence-corrected chi connectivity index (χ3v) is 4.49. The van der Waals surface area contributed by atoms with Gasteiger partial charge in [0.15, 0.2) is 0 Å². The number of amides is 1. The molecule has 1 saturated carbocycles. The molecule has 0 heterocycles. The maximum atomic E-state index is 11.5. The van der Waals surface area contributed by atoms with E-state index in [0.717, 1.165) is 6.54 Å². The van der Waals surface area contributed by atoms with Gasteiger partial charge in [0, 0.05) is 13.7 Å². The largest absolute Gasteiger partial charge is 0.382 e. The number of methoxy groups -OCH3 is 1. The van der Waals surface area contributed by atoms with Crippen molar-refractivity contribution in [1.82, 2.24) is 5.32 Å². The Labute approximate surface area is 104 Å². The van der Waals surface area contributed by atoms with Crippen LogP contribution in [0.15, 0.2) is 0 Å². The summed E-state index contributed by atoms with van der Waals surface area (Å²) < 4.78 is 9.99. The first-order valence-electron chi connectivity index (χ1n) is 6.17. The van der Waals surface area contributed by atoms with Crippen LogP contribution in [0.25, 0.3) is 0 Å². The molecule has 0 aromatic carbocycles. The molecule has 0 radical (unpaired) electrons. The molecule has 4 nitrogen and oxygen atoms in total. The van der Waals surface area contributed by atoms with Crippen molar-refractivity contribution in [3.05, 3.63) is 0 Å². The SMILES string of the molecule is COCCOCC(=O)NCC1C(C)(C)C1(C)C. The fourth-order valence-electron chi connectivity index (χ4n) is 2.42. The van der Waals surface area contributed by atoms with Crippen LogP contribution >= 0.6 is 0 Å². The first-order valence-corrected chi connectivity index (χ1v) is 6.17. The Kier molecular flexibility index (Phi) is 4.55. The molecule has 0 aromatic heterocycles. The number of rotatable bonds is 7. The van der Waals surface area contributed by atoms with Crippen LogP contribution in [0.4, 0.5) is 0 Å². The highest BCUT2D eigenvalue weighted by Crippen LogP contribution is 2.67. The fourth-order valence-corrected chi connectivity index (χ4v) is 2.42. The second-order valence-corrected chi connectivity index (χ2v) is 5.85. The lowest BCUT2D eigenvalue weighted by Gasteiger charge is -2.07. The minimum Gasteiger partial charge on any atom is -0.382 e. The molecule has 1 aliphatic rings. The van der Waals surface area contributed by atoms with Gasteiger partial charge in [-0.2, -0.15) is 0 Å². The first kappa shape index (κ1) is 14.5. The number of hydrogen-bond acceptors (Lipinski definition) is 3. The maximum absolute atomic E-state index is 11.5. The van der Waals surface area contributed by atoms with E-state index in [-0.39, 0.29) is 12.5 Å². The lowest BCUT2D eigenvalue weighted by molar-refractivity contribution is -0.126. The summed E-state index contributed by atoms with van der Waals surface area (Å²) in [7, 11) is 1.61. The second-order valence-electron chi connectivity index (χ2n) is 5.85. The summed E-state index contributed by atoms with van der Waals surface area (Å²) in [5.74, 6) is 0.512. The van der Waals surface area contributed by atoms with Crippen LogP contribution < -0.4 is 5.32 Å². The van der Waals surface area contributed by atoms with E-state index in [2.05, 4.69) is 33.0 Å². The predicted octanol–water partition coefficient (Wildman–Crippen LogP) is 1.45. The molecule has 0 bridgehead atoms. The van der Waals surface area contributed by atoms with Crippen molar-refractivity contribution in [2.24, 2.45) is 16.7 Å². The van der Waals surface area contributed by atoms with Crippen molar-refractivity contribution in [2.75, 3.05) is 33.5 Å². The third-order valence-electron chi connectivity index (χ3n) is 4.49. The molecule has 0 aromatic rings. The van der Waals surface area contributed by atoms with Crippen molar-refractivity contribution < 1.29 is 14.3 Å². The summed E-state index contributed by atoms with van der Waals surface area (Å²) in [6.07, 6.45) is 0. The van der Waals surface area contributed by atoms with E-state index in [0.29, 0.717) is 30.0 Å². The Bertz CT molecular complexity index is 260. The second kappa shape index (κ2) is 5.36. The van der Waals surface area contributed by atoms with E-state index in [9.17, 15) is 4.79 Å². The molecular formula is C13H25NO3. The minimum atomic E-state index is -0.0420. The molecule has 1 fully saturated rings. The maximum Gasteiger partial charge on any atom is 0.246 e. The average Bonchev–Trinajstić information content (AvgIpc) is 2.62. The summed E-state index contributed by atoms with van der Waals surface area (Å²) in [4.78, 5) is 11.5. The number of carbonyl (C=O) groups is 1. The van der Waals surface area contributed by atoms with Gasteiger partial charge in [-0.3, -0.25) is 4.79 Å². The van der Waals surface area contributed by atoms with Crippen molar-refractivity contribution in [3.63, 3.8) is 0 Å². The number of ether oxygens (including phenoxy) is 2. The van der Waals surface area contributed by atoms with Crippen LogP contribution in [0.5, 0.6) is 0 Å². The molecule has 0 atom stereocenters. The summed E-state index contributed by atoms with van der Waals surface area (Å²) in [6, 6.07) is 0. The van der Waals surface area contributed by atoms with Gasteiger partial charge >= 0.3 is 0 Å². The fraction of sp³-hybridized carbons (Fsp3) is 0.923.